The van der Waals surface area contributed by atoms with Crippen LogP contribution >= 0.6 is 0 Å². The molecule has 0 bridgehead atoms. The number of carboxylic acid groups (broad SMARTS) is 1. The molecule has 0 saturated heterocycles. The summed E-state index contributed by atoms with van der Waals surface area (Å²) >= 11 is 0. The first-order valence-electron chi connectivity index (χ1n) is 4.22. The summed E-state index contributed by atoms with van der Waals surface area (Å²) in [6.07, 6.45) is -0.885. The fourth-order valence-electron chi connectivity index (χ4n) is 0.972. The van der Waals surface area contributed by atoms with Gasteiger partial charge in [0.15, 0.2) is 6.10 Å². The average molecular weight is 196 g/mol. The lowest BCUT2D eigenvalue weighted by molar-refractivity contribution is -0.144. The third kappa shape index (κ3) is 2.74. The van der Waals surface area contributed by atoms with Gasteiger partial charge in [-0.2, -0.15) is 0 Å². The summed E-state index contributed by atoms with van der Waals surface area (Å²) in [4.78, 5) is 10.5. The maximum atomic E-state index is 10.5. The van der Waals surface area contributed by atoms with Crippen molar-refractivity contribution in [3.63, 3.8) is 0 Å². The van der Waals surface area contributed by atoms with Crippen molar-refractivity contribution in [1.29, 1.82) is 0 Å². The van der Waals surface area contributed by atoms with Crippen molar-refractivity contribution in [3.05, 3.63) is 29.8 Å². The molecule has 2 N–H and O–H groups in total. The van der Waals surface area contributed by atoms with Crippen molar-refractivity contribution in [1.82, 2.24) is 0 Å². The maximum Gasteiger partial charge on any atom is 0.344 e. The number of hydrogen-bond acceptors (Lipinski definition) is 3. The highest BCUT2D eigenvalue weighted by molar-refractivity contribution is 5.72. The predicted octanol–water partition coefficient (Wildman–Crippen LogP) is 1.03. The molecule has 0 aliphatic carbocycles. The van der Waals surface area contributed by atoms with Crippen LogP contribution in [0.3, 0.4) is 0 Å². The lowest BCUT2D eigenvalue weighted by Gasteiger charge is -2.10. The van der Waals surface area contributed by atoms with Gasteiger partial charge in [-0.25, -0.2) is 4.79 Å². The zero-order valence-corrected chi connectivity index (χ0v) is 7.80. The van der Waals surface area contributed by atoms with E-state index in [9.17, 15) is 4.79 Å². The Balaban J connectivity index is 2.71. The lowest BCUT2D eigenvalue weighted by Crippen LogP contribution is -2.22. The highest BCUT2D eigenvalue weighted by atomic mass is 16.5. The second kappa shape index (κ2) is 4.62. The zero-order valence-electron chi connectivity index (χ0n) is 7.80. The molecule has 4 nitrogen and oxygen atoms in total. The molecule has 14 heavy (non-hydrogen) atoms. The van der Waals surface area contributed by atoms with Crippen molar-refractivity contribution in [2.24, 2.45) is 0 Å². The zero-order chi connectivity index (χ0) is 10.6. The quantitative estimate of drug-likeness (QED) is 0.754. The van der Waals surface area contributed by atoms with Gasteiger partial charge in [-0.15, -0.1) is 0 Å². The summed E-state index contributed by atoms with van der Waals surface area (Å²) < 4.78 is 5.11. The monoisotopic (exact) mass is 196 g/mol. The van der Waals surface area contributed by atoms with Crippen LogP contribution in [-0.2, 0) is 11.4 Å². The number of ether oxygens (including phenoxy) is 1. The number of benzene rings is 1. The van der Waals surface area contributed by atoms with Gasteiger partial charge in [-0.1, -0.05) is 12.1 Å². The number of carboxylic acids is 1. The largest absolute Gasteiger partial charge is 0.479 e. The summed E-state index contributed by atoms with van der Waals surface area (Å²) in [5.41, 5.74) is 0.695. The van der Waals surface area contributed by atoms with Crippen LogP contribution < -0.4 is 4.74 Å². The summed E-state index contributed by atoms with van der Waals surface area (Å²) in [5.74, 6) is -0.564. The highest BCUT2D eigenvalue weighted by Crippen LogP contribution is 2.14. The molecule has 1 aromatic rings. The normalized spacial score (nSPS) is 12.1. The van der Waals surface area contributed by atoms with Crippen LogP contribution in [0.1, 0.15) is 12.5 Å². The van der Waals surface area contributed by atoms with E-state index in [2.05, 4.69) is 0 Å². The Morgan fingerprint density at radius 2 is 2.29 bits per heavy atom. The standard InChI is InChI=1S/C10H12O4/c1-7(10(12)13)14-9-4-2-3-8(5-9)6-11/h2-5,7,11H,6H2,1H3,(H,12,13)/t7-/m0/s1. The topological polar surface area (TPSA) is 66.8 Å². The molecule has 0 aliphatic rings. The minimum Gasteiger partial charge on any atom is -0.479 e. The Labute approximate surface area is 81.8 Å². The van der Waals surface area contributed by atoms with Gasteiger partial charge in [0, 0.05) is 0 Å². The smallest absolute Gasteiger partial charge is 0.344 e. The summed E-state index contributed by atoms with van der Waals surface area (Å²) in [6.45, 7) is 1.37. The minimum atomic E-state index is -1.01. The van der Waals surface area contributed by atoms with E-state index in [1.54, 1.807) is 24.3 Å². The number of aliphatic hydroxyl groups excluding tert-OH is 1. The van der Waals surface area contributed by atoms with E-state index in [-0.39, 0.29) is 6.61 Å². The van der Waals surface area contributed by atoms with Gasteiger partial charge < -0.3 is 14.9 Å². The fraction of sp³-hybridized carbons (Fsp3) is 0.300. The van der Waals surface area contributed by atoms with E-state index >= 15 is 0 Å². The summed E-state index contributed by atoms with van der Waals surface area (Å²) in [6, 6.07) is 6.70. The second-order valence-electron chi connectivity index (χ2n) is 2.90. The molecule has 1 rings (SSSR count). The highest BCUT2D eigenvalue weighted by Gasteiger charge is 2.11. The Hall–Kier alpha value is -1.55. The van der Waals surface area contributed by atoms with Gasteiger partial charge in [0.1, 0.15) is 5.75 Å². The van der Waals surface area contributed by atoms with Gasteiger partial charge in [0.25, 0.3) is 0 Å². The van der Waals surface area contributed by atoms with Crippen molar-refractivity contribution in [2.75, 3.05) is 0 Å². The van der Waals surface area contributed by atoms with Gasteiger partial charge in [-0.3, -0.25) is 0 Å². The molecule has 0 radical (unpaired) electrons. The van der Waals surface area contributed by atoms with E-state index < -0.39 is 12.1 Å². The molecule has 0 aromatic heterocycles. The molecule has 0 amide bonds. The molecule has 1 atom stereocenters. The Kier molecular flexibility index (Phi) is 3.48. The third-order valence-corrected chi connectivity index (χ3v) is 1.74. The van der Waals surface area contributed by atoms with Gasteiger partial charge in [0.05, 0.1) is 6.61 Å². The van der Waals surface area contributed by atoms with Crippen LogP contribution in [0, 0.1) is 0 Å². The molecule has 0 saturated carbocycles. The molecule has 76 valence electrons. The van der Waals surface area contributed by atoms with E-state index in [1.165, 1.54) is 6.92 Å². The molecule has 0 heterocycles. The maximum absolute atomic E-state index is 10.5. The third-order valence-electron chi connectivity index (χ3n) is 1.74. The van der Waals surface area contributed by atoms with Gasteiger partial charge in [-0.05, 0) is 24.6 Å². The molecule has 0 unspecified atom stereocenters. The SMILES string of the molecule is C[C@H](Oc1cccc(CO)c1)C(=O)O. The van der Waals surface area contributed by atoms with Crippen LogP contribution in [0.15, 0.2) is 24.3 Å². The molecule has 0 aliphatic heterocycles. The van der Waals surface area contributed by atoms with Crippen molar-refractivity contribution < 1.29 is 19.7 Å². The van der Waals surface area contributed by atoms with Crippen molar-refractivity contribution in [2.45, 2.75) is 19.6 Å². The van der Waals surface area contributed by atoms with Crippen LogP contribution in [0.5, 0.6) is 5.75 Å². The molecule has 1 aromatic carbocycles. The van der Waals surface area contributed by atoms with E-state index in [0.29, 0.717) is 11.3 Å². The first-order chi connectivity index (χ1) is 6.63. The van der Waals surface area contributed by atoms with E-state index in [1.807, 2.05) is 0 Å². The molecule has 0 fully saturated rings. The summed E-state index contributed by atoms with van der Waals surface area (Å²) in [7, 11) is 0. The molecule has 0 spiro atoms. The second-order valence-corrected chi connectivity index (χ2v) is 2.90. The molecular weight excluding hydrogens is 184 g/mol. The van der Waals surface area contributed by atoms with Crippen LogP contribution in [0.2, 0.25) is 0 Å². The van der Waals surface area contributed by atoms with Crippen LogP contribution in [0.25, 0.3) is 0 Å². The van der Waals surface area contributed by atoms with Crippen molar-refractivity contribution >= 4 is 5.97 Å². The van der Waals surface area contributed by atoms with Crippen molar-refractivity contribution in [3.8, 4) is 5.75 Å². The predicted molar refractivity (Wildman–Crippen MR) is 50.1 cm³/mol. The van der Waals surface area contributed by atoms with E-state index in [4.69, 9.17) is 14.9 Å². The number of aliphatic hydroxyl groups is 1. The number of aliphatic carboxylic acids is 1. The van der Waals surface area contributed by atoms with E-state index in [0.717, 1.165) is 0 Å². The van der Waals surface area contributed by atoms with Gasteiger partial charge >= 0.3 is 5.97 Å². The van der Waals surface area contributed by atoms with Crippen LogP contribution in [0.4, 0.5) is 0 Å². The fourth-order valence-corrected chi connectivity index (χ4v) is 0.972. The number of hydrogen-bond donors (Lipinski definition) is 2. The Morgan fingerprint density at radius 1 is 1.57 bits per heavy atom. The Bertz CT molecular complexity index is 322. The lowest BCUT2D eigenvalue weighted by atomic mass is 10.2. The summed E-state index contributed by atoms with van der Waals surface area (Å²) in [5, 5.41) is 17.4. The average Bonchev–Trinajstić information content (AvgIpc) is 2.18. The van der Waals surface area contributed by atoms with Crippen LogP contribution in [-0.4, -0.2) is 22.3 Å². The molecular formula is C10H12O4. The number of carbonyl (C=O) groups is 1. The van der Waals surface area contributed by atoms with Gasteiger partial charge in [0.2, 0.25) is 0 Å². The Morgan fingerprint density at radius 3 is 2.86 bits per heavy atom. The minimum absolute atomic E-state index is 0.0847. The first-order valence-corrected chi connectivity index (χ1v) is 4.22. The first kappa shape index (κ1) is 10.5. The molecule has 4 heteroatoms. The number of rotatable bonds is 4.